The van der Waals surface area contributed by atoms with E-state index < -0.39 is 0 Å². The van der Waals surface area contributed by atoms with Gasteiger partial charge in [-0.3, -0.25) is 0 Å². The number of anilines is 1. The van der Waals surface area contributed by atoms with Crippen molar-refractivity contribution in [2.24, 2.45) is 0 Å². The fourth-order valence-corrected chi connectivity index (χ4v) is 4.81. The molecular weight excluding hydrogens is 401 g/mol. The molecule has 3 nitrogen and oxygen atoms in total. The third-order valence-corrected chi connectivity index (χ3v) is 6.45. The fraction of sp³-hybridized carbons (Fsp3) is 0.357. The molecule has 4 rings (SSSR count). The number of ether oxygens (including phenoxy) is 2. The molecule has 0 spiro atoms. The van der Waals surface area contributed by atoms with E-state index in [1.807, 2.05) is 12.1 Å². The SMILES string of the molecule is CCCCc1ccc(C2c3cc(OC)c(OC)cc3CC(C)N2c2ccccc2F)cc1. The van der Waals surface area contributed by atoms with E-state index in [0.717, 1.165) is 29.7 Å². The lowest BCUT2D eigenvalue weighted by atomic mass is 9.84. The molecule has 0 saturated heterocycles. The van der Waals surface area contributed by atoms with Crippen molar-refractivity contribution in [1.82, 2.24) is 0 Å². The molecule has 2 unspecified atom stereocenters. The van der Waals surface area contributed by atoms with E-state index in [0.29, 0.717) is 11.4 Å². The van der Waals surface area contributed by atoms with Crippen molar-refractivity contribution in [3.8, 4) is 11.5 Å². The van der Waals surface area contributed by atoms with Crippen LogP contribution in [0.25, 0.3) is 0 Å². The topological polar surface area (TPSA) is 21.7 Å². The van der Waals surface area contributed by atoms with Gasteiger partial charge in [0.15, 0.2) is 11.5 Å². The van der Waals surface area contributed by atoms with Gasteiger partial charge in [0.1, 0.15) is 5.82 Å². The van der Waals surface area contributed by atoms with E-state index >= 15 is 0 Å². The van der Waals surface area contributed by atoms with E-state index in [1.165, 1.54) is 30.0 Å². The molecule has 0 N–H and O–H groups in total. The Morgan fingerprint density at radius 2 is 1.66 bits per heavy atom. The Hall–Kier alpha value is -3.01. The van der Waals surface area contributed by atoms with Crippen molar-refractivity contribution in [3.05, 3.63) is 88.7 Å². The molecule has 0 amide bonds. The predicted octanol–water partition coefficient (Wildman–Crippen LogP) is 6.73. The fourth-order valence-electron chi connectivity index (χ4n) is 4.81. The summed E-state index contributed by atoms with van der Waals surface area (Å²) in [6.45, 7) is 4.37. The zero-order chi connectivity index (χ0) is 22.7. The number of benzene rings is 3. The van der Waals surface area contributed by atoms with Crippen LogP contribution >= 0.6 is 0 Å². The smallest absolute Gasteiger partial charge is 0.161 e. The second-order valence-corrected chi connectivity index (χ2v) is 8.57. The summed E-state index contributed by atoms with van der Waals surface area (Å²) < 4.78 is 26.2. The number of halogens is 1. The van der Waals surface area contributed by atoms with E-state index in [4.69, 9.17) is 9.47 Å². The number of para-hydroxylation sites is 1. The third kappa shape index (κ3) is 4.19. The van der Waals surface area contributed by atoms with E-state index in [2.05, 4.69) is 55.1 Å². The Labute approximate surface area is 190 Å². The minimum absolute atomic E-state index is 0.113. The molecule has 4 heteroatoms. The molecule has 3 aromatic carbocycles. The second kappa shape index (κ2) is 9.64. The summed E-state index contributed by atoms with van der Waals surface area (Å²) in [7, 11) is 3.32. The maximum absolute atomic E-state index is 15.0. The van der Waals surface area contributed by atoms with Gasteiger partial charge >= 0.3 is 0 Å². The number of hydrogen-bond acceptors (Lipinski definition) is 3. The molecule has 3 aromatic rings. The number of methoxy groups -OCH3 is 2. The first-order chi connectivity index (χ1) is 15.6. The monoisotopic (exact) mass is 433 g/mol. The van der Waals surface area contributed by atoms with Crippen LogP contribution in [-0.2, 0) is 12.8 Å². The quantitative estimate of drug-likeness (QED) is 0.412. The van der Waals surface area contributed by atoms with E-state index in [-0.39, 0.29) is 17.9 Å². The highest BCUT2D eigenvalue weighted by Crippen LogP contribution is 2.45. The maximum atomic E-state index is 15.0. The highest BCUT2D eigenvalue weighted by atomic mass is 19.1. The third-order valence-electron chi connectivity index (χ3n) is 6.45. The van der Waals surface area contributed by atoms with Gasteiger partial charge in [0.05, 0.1) is 25.9 Å². The number of rotatable bonds is 7. The molecule has 168 valence electrons. The van der Waals surface area contributed by atoms with Crippen LogP contribution in [0.5, 0.6) is 11.5 Å². The minimum Gasteiger partial charge on any atom is -0.493 e. The van der Waals surface area contributed by atoms with Crippen molar-refractivity contribution >= 4 is 5.69 Å². The summed E-state index contributed by atoms with van der Waals surface area (Å²) in [6, 6.07) is 20.0. The Morgan fingerprint density at radius 3 is 2.31 bits per heavy atom. The average molecular weight is 434 g/mol. The van der Waals surface area contributed by atoms with Gasteiger partial charge in [0, 0.05) is 6.04 Å². The summed E-state index contributed by atoms with van der Waals surface area (Å²) in [5, 5.41) is 0. The van der Waals surface area contributed by atoms with Crippen LogP contribution in [0, 0.1) is 5.82 Å². The molecule has 1 aliphatic rings. The first-order valence-electron chi connectivity index (χ1n) is 11.4. The second-order valence-electron chi connectivity index (χ2n) is 8.57. The molecular formula is C28H32FNO2. The highest BCUT2D eigenvalue weighted by molar-refractivity contribution is 5.60. The van der Waals surface area contributed by atoms with Gasteiger partial charge in [-0.1, -0.05) is 49.7 Å². The normalized spacial score (nSPS) is 17.7. The standard InChI is InChI=1S/C28H32FNO2/c1-5-6-9-20-12-14-21(15-13-20)28-23-18-27(32-4)26(31-3)17-22(23)16-19(2)30(28)25-11-8-7-10-24(25)29/h7-8,10-15,17-19,28H,5-6,9,16H2,1-4H3. The molecule has 0 bridgehead atoms. The van der Waals surface area contributed by atoms with Crippen LogP contribution in [0.4, 0.5) is 10.1 Å². The summed E-state index contributed by atoms with van der Waals surface area (Å²) in [5.41, 5.74) is 5.45. The van der Waals surface area contributed by atoms with Gasteiger partial charge in [-0.2, -0.15) is 0 Å². The first-order valence-corrected chi connectivity index (χ1v) is 11.4. The van der Waals surface area contributed by atoms with Gasteiger partial charge in [-0.05, 0) is 72.7 Å². The lowest BCUT2D eigenvalue weighted by molar-refractivity contribution is 0.352. The molecule has 2 atom stereocenters. The van der Waals surface area contributed by atoms with Gasteiger partial charge in [0.25, 0.3) is 0 Å². The minimum atomic E-state index is -0.201. The maximum Gasteiger partial charge on any atom is 0.161 e. The van der Waals surface area contributed by atoms with E-state index in [1.54, 1.807) is 20.3 Å². The summed E-state index contributed by atoms with van der Waals surface area (Å²) >= 11 is 0. The molecule has 1 heterocycles. The van der Waals surface area contributed by atoms with Crippen LogP contribution in [0.3, 0.4) is 0 Å². The Kier molecular flexibility index (Phi) is 6.69. The summed E-state index contributed by atoms with van der Waals surface area (Å²) in [5.74, 6) is 1.22. The molecule has 0 radical (unpaired) electrons. The summed E-state index contributed by atoms with van der Waals surface area (Å²) in [4.78, 5) is 2.21. The number of hydrogen-bond donors (Lipinski definition) is 0. The van der Waals surface area contributed by atoms with Gasteiger partial charge in [0.2, 0.25) is 0 Å². The van der Waals surface area contributed by atoms with Crippen molar-refractivity contribution in [2.75, 3.05) is 19.1 Å². The van der Waals surface area contributed by atoms with E-state index in [9.17, 15) is 4.39 Å². The first kappa shape index (κ1) is 22.2. The van der Waals surface area contributed by atoms with Crippen molar-refractivity contribution in [1.29, 1.82) is 0 Å². The van der Waals surface area contributed by atoms with Gasteiger partial charge in [-0.15, -0.1) is 0 Å². The predicted molar refractivity (Wildman–Crippen MR) is 128 cm³/mol. The van der Waals surface area contributed by atoms with Gasteiger partial charge in [-0.25, -0.2) is 4.39 Å². The molecule has 0 saturated carbocycles. The zero-order valence-corrected chi connectivity index (χ0v) is 19.4. The zero-order valence-electron chi connectivity index (χ0n) is 19.4. The van der Waals surface area contributed by atoms with Crippen molar-refractivity contribution in [2.45, 2.75) is 51.6 Å². The number of nitrogens with zero attached hydrogens (tertiary/aromatic N) is 1. The van der Waals surface area contributed by atoms with Crippen LogP contribution in [0.15, 0.2) is 60.7 Å². The van der Waals surface area contributed by atoms with Crippen LogP contribution in [0.1, 0.15) is 55.0 Å². The number of fused-ring (bicyclic) bond motifs is 1. The van der Waals surface area contributed by atoms with Crippen molar-refractivity contribution in [3.63, 3.8) is 0 Å². The van der Waals surface area contributed by atoms with Crippen LogP contribution in [-0.4, -0.2) is 20.3 Å². The summed E-state index contributed by atoms with van der Waals surface area (Å²) in [6.07, 6.45) is 4.24. The van der Waals surface area contributed by atoms with Crippen LogP contribution in [0.2, 0.25) is 0 Å². The molecule has 0 fully saturated rings. The highest BCUT2D eigenvalue weighted by Gasteiger charge is 2.35. The molecule has 1 aliphatic heterocycles. The Bertz CT molecular complexity index is 1060. The van der Waals surface area contributed by atoms with Gasteiger partial charge < -0.3 is 14.4 Å². The molecule has 0 aromatic heterocycles. The molecule has 32 heavy (non-hydrogen) atoms. The Morgan fingerprint density at radius 1 is 0.969 bits per heavy atom. The number of unbranched alkanes of at least 4 members (excludes halogenated alkanes) is 1. The molecule has 0 aliphatic carbocycles. The Balaban J connectivity index is 1.87. The van der Waals surface area contributed by atoms with Crippen molar-refractivity contribution < 1.29 is 13.9 Å². The number of aryl methyl sites for hydroxylation is 1. The lowest BCUT2D eigenvalue weighted by Crippen LogP contribution is -2.43. The van der Waals surface area contributed by atoms with Crippen LogP contribution < -0.4 is 14.4 Å². The largest absolute Gasteiger partial charge is 0.493 e. The lowest BCUT2D eigenvalue weighted by Gasteiger charge is -2.44. The average Bonchev–Trinajstić information content (AvgIpc) is 2.82.